The van der Waals surface area contributed by atoms with E-state index >= 15 is 0 Å². The Kier molecular flexibility index (Phi) is 7.95. The highest BCUT2D eigenvalue weighted by Crippen LogP contribution is 2.54. The highest BCUT2D eigenvalue weighted by atomic mass is 32.2. The maximum atomic E-state index is 14.1. The summed E-state index contributed by atoms with van der Waals surface area (Å²) in [5, 5.41) is 2.58. The molecule has 3 atom stereocenters. The van der Waals surface area contributed by atoms with Gasteiger partial charge in [-0.25, -0.2) is 4.90 Å². The van der Waals surface area contributed by atoms with Crippen molar-refractivity contribution in [3.8, 4) is 11.5 Å². The number of benzene rings is 3. The van der Waals surface area contributed by atoms with Crippen LogP contribution in [-0.2, 0) is 20.9 Å². The van der Waals surface area contributed by atoms with Crippen molar-refractivity contribution >= 4 is 57.9 Å². The number of imide groups is 1. The molecule has 0 bridgehead atoms. The number of nitrogens with one attached hydrogen (secondary N) is 1. The third kappa shape index (κ3) is 5.24. The minimum Gasteiger partial charge on any atom is -0.497 e. The Balaban J connectivity index is 1.38. The van der Waals surface area contributed by atoms with Gasteiger partial charge in [0.25, 0.3) is 0 Å². The van der Waals surface area contributed by atoms with Gasteiger partial charge < -0.3 is 19.7 Å². The summed E-state index contributed by atoms with van der Waals surface area (Å²) in [7, 11) is 6.99. The number of anilines is 3. The second-order valence-corrected chi connectivity index (χ2v) is 12.8. The van der Waals surface area contributed by atoms with E-state index in [0.717, 1.165) is 22.6 Å². The molecule has 1 aromatic heterocycles. The summed E-state index contributed by atoms with van der Waals surface area (Å²) in [6, 6.07) is 21.5. The Morgan fingerprint density at radius 2 is 1.48 bits per heavy atom. The fourth-order valence-electron chi connectivity index (χ4n) is 5.60. The highest BCUT2D eigenvalue weighted by molar-refractivity contribution is 8.00. The molecule has 1 N–H and O–H groups in total. The summed E-state index contributed by atoms with van der Waals surface area (Å²) in [5.74, 6) is -1.08. The number of thiazole rings is 1. The predicted molar refractivity (Wildman–Crippen MR) is 171 cm³/mol. The van der Waals surface area contributed by atoms with Crippen LogP contribution in [0.5, 0.6) is 11.5 Å². The molecule has 1 fully saturated rings. The lowest BCUT2D eigenvalue weighted by molar-refractivity contribution is -0.122. The van der Waals surface area contributed by atoms with E-state index in [1.807, 2.05) is 43.3 Å². The second kappa shape index (κ2) is 11.9. The molecule has 6 rings (SSSR count). The summed E-state index contributed by atoms with van der Waals surface area (Å²) in [6.45, 7) is -0.238. The molecule has 3 heterocycles. The molecule has 0 radical (unpaired) electrons. The maximum absolute atomic E-state index is 14.1. The number of nitrogens with zero attached hydrogens (tertiary/aromatic N) is 3. The molecule has 44 heavy (non-hydrogen) atoms. The van der Waals surface area contributed by atoms with Crippen molar-refractivity contribution < 1.29 is 23.9 Å². The minimum absolute atomic E-state index is 0.238. The van der Waals surface area contributed by atoms with Crippen molar-refractivity contribution in [3.05, 3.63) is 92.9 Å². The first kappa shape index (κ1) is 29.5. The number of carbonyl (C=O) groups is 3. The average Bonchev–Trinajstić information content (AvgIpc) is 3.47. The van der Waals surface area contributed by atoms with Crippen LogP contribution in [0.15, 0.2) is 82.6 Å². The van der Waals surface area contributed by atoms with Gasteiger partial charge >= 0.3 is 4.87 Å². The molecule has 2 aliphatic heterocycles. The lowest BCUT2D eigenvalue weighted by Crippen LogP contribution is -2.33. The monoisotopic (exact) mass is 630 g/mol. The van der Waals surface area contributed by atoms with Crippen LogP contribution in [0.2, 0.25) is 0 Å². The lowest BCUT2D eigenvalue weighted by Gasteiger charge is -2.31. The third-order valence-electron chi connectivity index (χ3n) is 7.82. The number of rotatable bonds is 8. The molecule has 3 aromatic carbocycles. The molecule has 0 spiro atoms. The van der Waals surface area contributed by atoms with Crippen LogP contribution in [0.1, 0.15) is 16.4 Å². The van der Waals surface area contributed by atoms with Gasteiger partial charge in [0.05, 0.1) is 30.9 Å². The number of ether oxygens (including phenoxy) is 2. The molecule has 0 unspecified atom stereocenters. The molecule has 12 heteroatoms. The van der Waals surface area contributed by atoms with E-state index in [-0.39, 0.29) is 29.1 Å². The van der Waals surface area contributed by atoms with Gasteiger partial charge in [-0.15, -0.1) is 0 Å². The van der Waals surface area contributed by atoms with Gasteiger partial charge in [0.1, 0.15) is 23.3 Å². The van der Waals surface area contributed by atoms with Crippen LogP contribution in [0.3, 0.4) is 0 Å². The van der Waals surface area contributed by atoms with Crippen molar-refractivity contribution in [2.75, 3.05) is 43.4 Å². The molecule has 226 valence electrons. The summed E-state index contributed by atoms with van der Waals surface area (Å²) < 4.78 is 11.8. The SMILES string of the molecule is COc1ccc(NC(=O)Cn2c3c(sc2=O)[C@@H](c2ccc(N(C)C)cc2)[C@@H]2C(=O)N(c4ccc(OC)cc4)C(=O)[C@@H]2S3)cc1. The van der Waals surface area contributed by atoms with Gasteiger partial charge in [0, 0.05) is 36.3 Å². The van der Waals surface area contributed by atoms with E-state index in [4.69, 9.17) is 9.47 Å². The van der Waals surface area contributed by atoms with E-state index in [0.29, 0.717) is 32.8 Å². The zero-order valence-electron chi connectivity index (χ0n) is 24.5. The van der Waals surface area contributed by atoms with Gasteiger partial charge in [0.2, 0.25) is 17.7 Å². The van der Waals surface area contributed by atoms with E-state index in [9.17, 15) is 19.2 Å². The van der Waals surface area contributed by atoms with E-state index in [2.05, 4.69) is 5.32 Å². The summed E-state index contributed by atoms with van der Waals surface area (Å²) >= 11 is 2.20. The average molecular weight is 631 g/mol. The Hall–Kier alpha value is -4.55. The van der Waals surface area contributed by atoms with Crippen molar-refractivity contribution in [1.82, 2.24) is 4.57 Å². The molecular formula is C32H30N4O6S2. The third-order valence-corrected chi connectivity index (χ3v) is 10.4. The Morgan fingerprint density at radius 3 is 2.07 bits per heavy atom. The molecular weight excluding hydrogens is 601 g/mol. The largest absolute Gasteiger partial charge is 0.497 e. The number of methoxy groups -OCH3 is 2. The number of aromatic nitrogens is 1. The van der Waals surface area contributed by atoms with Crippen LogP contribution in [0.25, 0.3) is 0 Å². The van der Waals surface area contributed by atoms with Crippen molar-refractivity contribution in [3.63, 3.8) is 0 Å². The standard InChI is InChI=1S/C32H30N4O6S2/c1-34(2)20-9-5-18(6-10-20)25-26-27(30(39)36(29(26)38)21-11-15-23(42-4)16-12-21)43-31-28(25)44-32(40)35(31)17-24(37)33-19-7-13-22(41-3)14-8-19/h5-16,25-27H,17H2,1-4H3,(H,33,37)/t25-,26-,27+/m0/s1. The van der Waals surface area contributed by atoms with E-state index in [1.165, 1.54) is 21.2 Å². The first-order valence-electron chi connectivity index (χ1n) is 13.8. The van der Waals surface area contributed by atoms with Crippen LogP contribution < -0.4 is 29.5 Å². The Labute approximate surface area is 262 Å². The first-order chi connectivity index (χ1) is 21.2. The highest BCUT2D eigenvalue weighted by Gasteiger charge is 2.56. The maximum Gasteiger partial charge on any atom is 0.308 e. The van der Waals surface area contributed by atoms with Crippen LogP contribution >= 0.6 is 23.1 Å². The normalized spacial score (nSPS) is 18.9. The number of thioether (sulfide) groups is 1. The molecule has 0 aliphatic carbocycles. The smallest absolute Gasteiger partial charge is 0.308 e. The number of fused-ring (bicyclic) bond motifs is 2. The van der Waals surface area contributed by atoms with Crippen LogP contribution in [-0.4, -0.2) is 55.9 Å². The fraction of sp³-hybridized carbons (Fsp3) is 0.250. The van der Waals surface area contributed by atoms with E-state index in [1.54, 1.807) is 62.8 Å². The fourth-order valence-corrected chi connectivity index (χ4v) is 8.37. The Morgan fingerprint density at radius 1 is 0.864 bits per heavy atom. The number of hydrogen-bond donors (Lipinski definition) is 1. The molecule has 10 nitrogen and oxygen atoms in total. The number of amides is 3. The zero-order chi connectivity index (χ0) is 31.1. The van der Waals surface area contributed by atoms with Crippen molar-refractivity contribution in [2.24, 2.45) is 5.92 Å². The predicted octanol–water partition coefficient (Wildman–Crippen LogP) is 4.43. The topological polar surface area (TPSA) is 110 Å². The van der Waals surface area contributed by atoms with Crippen molar-refractivity contribution in [2.45, 2.75) is 22.7 Å². The number of hydrogen-bond acceptors (Lipinski definition) is 9. The van der Waals surface area contributed by atoms with Gasteiger partial charge in [0.15, 0.2) is 0 Å². The first-order valence-corrected chi connectivity index (χ1v) is 15.5. The lowest BCUT2D eigenvalue weighted by atomic mass is 9.83. The molecule has 1 saturated heterocycles. The van der Waals surface area contributed by atoms with Gasteiger partial charge in [-0.1, -0.05) is 35.2 Å². The van der Waals surface area contributed by atoms with Crippen LogP contribution in [0.4, 0.5) is 17.1 Å². The molecule has 4 aromatic rings. The quantitative estimate of drug-likeness (QED) is 0.285. The molecule has 0 saturated carbocycles. The minimum atomic E-state index is -0.777. The van der Waals surface area contributed by atoms with Crippen LogP contribution in [0, 0.1) is 5.92 Å². The number of carbonyl (C=O) groups excluding carboxylic acids is 3. The van der Waals surface area contributed by atoms with Gasteiger partial charge in [-0.05, 0) is 66.2 Å². The summed E-state index contributed by atoms with van der Waals surface area (Å²) in [4.78, 5) is 58.1. The van der Waals surface area contributed by atoms with E-state index < -0.39 is 17.1 Å². The summed E-state index contributed by atoms with van der Waals surface area (Å²) in [5.41, 5.74) is 2.81. The Bertz CT molecular complexity index is 1780. The zero-order valence-corrected chi connectivity index (χ0v) is 26.1. The second-order valence-electron chi connectivity index (χ2n) is 10.6. The van der Waals surface area contributed by atoms with Gasteiger partial charge in [-0.2, -0.15) is 0 Å². The van der Waals surface area contributed by atoms with Crippen molar-refractivity contribution in [1.29, 1.82) is 0 Å². The van der Waals surface area contributed by atoms with Gasteiger partial charge in [-0.3, -0.25) is 23.7 Å². The molecule has 3 amide bonds. The summed E-state index contributed by atoms with van der Waals surface area (Å²) in [6.07, 6.45) is 0. The molecule has 2 aliphatic rings.